The van der Waals surface area contributed by atoms with Crippen molar-refractivity contribution in [2.75, 3.05) is 13.1 Å². The number of carboxylic acid groups (broad SMARTS) is 2. The van der Waals surface area contributed by atoms with E-state index in [0.29, 0.717) is 19.5 Å². The number of carbonyl (C=O) groups is 2. The standard InChI is InChI=1S/C9H18N2O4/c1-6(8(12)13)10-4-3-5-11-7(2)9(14)15/h6-7,10-11H,3-5H2,1-2H3,(H,12,13)(H,14,15)/t6-,7+. The average Bonchev–Trinajstić information content (AvgIpc) is 2.16. The Morgan fingerprint density at radius 1 is 1.00 bits per heavy atom. The third-order valence-corrected chi connectivity index (χ3v) is 2.00. The van der Waals surface area contributed by atoms with Gasteiger partial charge in [0.05, 0.1) is 0 Å². The molecule has 6 nitrogen and oxygen atoms in total. The first kappa shape index (κ1) is 13.9. The molecule has 0 aliphatic carbocycles. The first-order valence-corrected chi connectivity index (χ1v) is 4.87. The van der Waals surface area contributed by atoms with E-state index in [2.05, 4.69) is 10.6 Å². The van der Waals surface area contributed by atoms with Crippen LogP contribution in [0, 0.1) is 0 Å². The first-order chi connectivity index (χ1) is 6.95. The van der Waals surface area contributed by atoms with E-state index in [0.717, 1.165) is 0 Å². The Bertz CT molecular complexity index is 198. The van der Waals surface area contributed by atoms with E-state index in [-0.39, 0.29) is 0 Å². The molecule has 0 bridgehead atoms. The molecular formula is C9H18N2O4. The lowest BCUT2D eigenvalue weighted by atomic mass is 10.3. The molecule has 0 aliphatic heterocycles. The maximum atomic E-state index is 10.4. The highest BCUT2D eigenvalue weighted by Crippen LogP contribution is 1.84. The number of carboxylic acids is 2. The van der Waals surface area contributed by atoms with Gasteiger partial charge < -0.3 is 20.8 Å². The summed E-state index contributed by atoms with van der Waals surface area (Å²) in [4.78, 5) is 20.8. The molecule has 0 aliphatic rings. The van der Waals surface area contributed by atoms with Crippen LogP contribution in [-0.2, 0) is 9.59 Å². The van der Waals surface area contributed by atoms with Crippen LogP contribution >= 0.6 is 0 Å². The van der Waals surface area contributed by atoms with Crippen LogP contribution in [0.5, 0.6) is 0 Å². The van der Waals surface area contributed by atoms with Crippen molar-refractivity contribution in [2.24, 2.45) is 0 Å². The summed E-state index contributed by atoms with van der Waals surface area (Å²) < 4.78 is 0. The molecule has 4 N–H and O–H groups in total. The highest BCUT2D eigenvalue weighted by Gasteiger charge is 2.10. The zero-order valence-electron chi connectivity index (χ0n) is 8.99. The topological polar surface area (TPSA) is 98.7 Å². The minimum Gasteiger partial charge on any atom is -0.480 e. The summed E-state index contributed by atoms with van der Waals surface area (Å²) in [6, 6.07) is -1.14. The number of nitrogens with one attached hydrogen (secondary N) is 2. The predicted octanol–water partition coefficient (Wildman–Crippen LogP) is -0.498. The van der Waals surface area contributed by atoms with Gasteiger partial charge in [0, 0.05) is 0 Å². The second-order valence-electron chi connectivity index (χ2n) is 3.38. The van der Waals surface area contributed by atoms with Gasteiger partial charge in [-0.05, 0) is 33.4 Å². The molecule has 0 spiro atoms. The smallest absolute Gasteiger partial charge is 0.320 e. The third-order valence-electron chi connectivity index (χ3n) is 2.00. The van der Waals surface area contributed by atoms with Crippen molar-refractivity contribution in [3.05, 3.63) is 0 Å². The van der Waals surface area contributed by atoms with Gasteiger partial charge in [0.15, 0.2) is 0 Å². The van der Waals surface area contributed by atoms with Gasteiger partial charge in [-0.3, -0.25) is 9.59 Å². The van der Waals surface area contributed by atoms with E-state index in [9.17, 15) is 9.59 Å². The molecular weight excluding hydrogens is 200 g/mol. The predicted molar refractivity (Wildman–Crippen MR) is 54.8 cm³/mol. The van der Waals surface area contributed by atoms with E-state index in [1.807, 2.05) is 0 Å². The fourth-order valence-electron chi connectivity index (χ4n) is 0.900. The monoisotopic (exact) mass is 218 g/mol. The third kappa shape index (κ3) is 6.87. The fraction of sp³-hybridized carbons (Fsp3) is 0.778. The van der Waals surface area contributed by atoms with Gasteiger partial charge in [-0.2, -0.15) is 0 Å². The Kier molecular flexibility index (Phi) is 6.64. The van der Waals surface area contributed by atoms with E-state index in [4.69, 9.17) is 10.2 Å². The average molecular weight is 218 g/mol. The Morgan fingerprint density at radius 3 is 1.60 bits per heavy atom. The van der Waals surface area contributed by atoms with Gasteiger partial charge in [0.1, 0.15) is 12.1 Å². The van der Waals surface area contributed by atoms with Crippen molar-refractivity contribution >= 4 is 11.9 Å². The summed E-state index contributed by atoms with van der Waals surface area (Å²) in [5.41, 5.74) is 0. The van der Waals surface area contributed by atoms with Crippen LogP contribution in [0.3, 0.4) is 0 Å². The zero-order valence-corrected chi connectivity index (χ0v) is 8.99. The van der Waals surface area contributed by atoms with Crippen molar-refractivity contribution < 1.29 is 19.8 Å². The molecule has 0 unspecified atom stereocenters. The summed E-state index contributed by atoms with van der Waals surface area (Å²) in [5.74, 6) is -1.77. The Balaban J connectivity index is 3.40. The number of aliphatic carboxylic acids is 2. The summed E-state index contributed by atoms with van der Waals surface area (Å²) in [7, 11) is 0. The van der Waals surface area contributed by atoms with Gasteiger partial charge in [-0.15, -0.1) is 0 Å². The van der Waals surface area contributed by atoms with Gasteiger partial charge in [-0.1, -0.05) is 0 Å². The van der Waals surface area contributed by atoms with E-state index in [1.165, 1.54) is 0 Å². The SMILES string of the molecule is C[C@H](NCCCN[C@H](C)C(=O)O)C(=O)O. The molecule has 0 aromatic rings. The van der Waals surface area contributed by atoms with Gasteiger partial charge in [0.25, 0.3) is 0 Å². The van der Waals surface area contributed by atoms with Crippen LogP contribution in [0.25, 0.3) is 0 Å². The van der Waals surface area contributed by atoms with Crippen LogP contribution in [0.1, 0.15) is 20.3 Å². The molecule has 0 saturated carbocycles. The van der Waals surface area contributed by atoms with Crippen molar-refractivity contribution in [3.63, 3.8) is 0 Å². The Hall–Kier alpha value is -1.14. The normalized spacial score (nSPS) is 14.5. The number of rotatable bonds is 8. The van der Waals surface area contributed by atoms with Crippen LogP contribution < -0.4 is 10.6 Å². The molecule has 0 fully saturated rings. The highest BCUT2D eigenvalue weighted by atomic mass is 16.4. The number of hydrogen-bond donors (Lipinski definition) is 4. The fourth-order valence-corrected chi connectivity index (χ4v) is 0.900. The molecule has 0 aromatic carbocycles. The van der Waals surface area contributed by atoms with Crippen LogP contribution in [0.15, 0.2) is 0 Å². The largest absolute Gasteiger partial charge is 0.480 e. The molecule has 88 valence electrons. The molecule has 6 heteroatoms. The van der Waals surface area contributed by atoms with Crippen LogP contribution in [0.2, 0.25) is 0 Å². The minimum absolute atomic E-state index is 0.548. The van der Waals surface area contributed by atoms with Gasteiger partial charge >= 0.3 is 11.9 Å². The second kappa shape index (κ2) is 7.19. The lowest BCUT2D eigenvalue weighted by molar-refractivity contribution is -0.139. The van der Waals surface area contributed by atoms with E-state index >= 15 is 0 Å². The molecule has 2 atom stereocenters. The van der Waals surface area contributed by atoms with E-state index < -0.39 is 24.0 Å². The zero-order chi connectivity index (χ0) is 11.8. The van der Waals surface area contributed by atoms with E-state index in [1.54, 1.807) is 13.8 Å². The van der Waals surface area contributed by atoms with Crippen molar-refractivity contribution in [2.45, 2.75) is 32.4 Å². The number of hydrogen-bond acceptors (Lipinski definition) is 4. The van der Waals surface area contributed by atoms with Crippen molar-refractivity contribution in [1.82, 2.24) is 10.6 Å². The maximum absolute atomic E-state index is 10.4. The molecule has 0 rings (SSSR count). The van der Waals surface area contributed by atoms with Crippen LogP contribution in [0.4, 0.5) is 0 Å². The maximum Gasteiger partial charge on any atom is 0.320 e. The molecule has 15 heavy (non-hydrogen) atoms. The molecule has 0 heterocycles. The van der Waals surface area contributed by atoms with Gasteiger partial charge in [-0.25, -0.2) is 0 Å². The van der Waals surface area contributed by atoms with Gasteiger partial charge in [0.2, 0.25) is 0 Å². The Morgan fingerprint density at radius 2 is 1.33 bits per heavy atom. The second-order valence-corrected chi connectivity index (χ2v) is 3.38. The van der Waals surface area contributed by atoms with Crippen molar-refractivity contribution in [1.29, 1.82) is 0 Å². The lowest BCUT2D eigenvalue weighted by Gasteiger charge is -2.11. The summed E-state index contributed by atoms with van der Waals surface area (Å²) in [5, 5.41) is 22.7. The molecule has 0 aromatic heterocycles. The lowest BCUT2D eigenvalue weighted by Crippen LogP contribution is -2.38. The molecule has 0 saturated heterocycles. The summed E-state index contributed by atoms with van der Waals surface area (Å²) in [6.07, 6.45) is 0.690. The quantitative estimate of drug-likeness (QED) is 0.410. The molecule has 0 radical (unpaired) electrons. The highest BCUT2D eigenvalue weighted by molar-refractivity contribution is 5.73. The molecule has 0 amide bonds. The van der Waals surface area contributed by atoms with Crippen molar-refractivity contribution in [3.8, 4) is 0 Å². The van der Waals surface area contributed by atoms with Crippen LogP contribution in [-0.4, -0.2) is 47.3 Å². The Labute approximate surface area is 88.7 Å². The summed E-state index contributed by atoms with van der Waals surface area (Å²) in [6.45, 7) is 4.23. The minimum atomic E-state index is -0.887. The first-order valence-electron chi connectivity index (χ1n) is 4.87. The summed E-state index contributed by atoms with van der Waals surface area (Å²) >= 11 is 0.